The van der Waals surface area contributed by atoms with Gasteiger partial charge in [0.1, 0.15) is 17.1 Å². The number of aryl methyl sites for hydroxylation is 1. The van der Waals surface area contributed by atoms with Crippen LogP contribution in [0.4, 0.5) is 21.5 Å². The zero-order chi connectivity index (χ0) is 23.8. The van der Waals surface area contributed by atoms with E-state index >= 15 is 4.39 Å². The highest BCUT2D eigenvalue weighted by Crippen LogP contribution is 2.48. The average Bonchev–Trinajstić information content (AvgIpc) is 3.03. The Balaban J connectivity index is 1.63. The van der Waals surface area contributed by atoms with Crippen LogP contribution in [0.5, 0.6) is 0 Å². The van der Waals surface area contributed by atoms with Gasteiger partial charge in [-0.1, -0.05) is 25.1 Å². The van der Waals surface area contributed by atoms with Crippen molar-refractivity contribution in [1.29, 1.82) is 0 Å². The first-order chi connectivity index (χ1) is 15.8. The van der Waals surface area contributed by atoms with Crippen molar-refractivity contribution in [3.05, 3.63) is 64.8 Å². The van der Waals surface area contributed by atoms with Crippen LogP contribution in [0.15, 0.2) is 36.4 Å². The van der Waals surface area contributed by atoms with Crippen LogP contribution in [0.25, 0.3) is 4.85 Å². The molecule has 1 aliphatic heterocycles. The van der Waals surface area contributed by atoms with Gasteiger partial charge in [-0.05, 0) is 80.6 Å². The largest absolute Gasteiger partial charge is 0.303 e. The molecule has 0 aromatic heterocycles. The van der Waals surface area contributed by atoms with Crippen LogP contribution in [-0.4, -0.2) is 22.3 Å². The number of halogens is 1. The molecule has 2 fully saturated rings. The lowest BCUT2D eigenvalue weighted by atomic mass is 9.75. The molecule has 1 heterocycles. The van der Waals surface area contributed by atoms with E-state index in [9.17, 15) is 9.59 Å². The van der Waals surface area contributed by atoms with E-state index in [1.54, 1.807) is 6.92 Å². The van der Waals surface area contributed by atoms with Crippen LogP contribution in [0.1, 0.15) is 56.6 Å². The van der Waals surface area contributed by atoms with Gasteiger partial charge in [0, 0.05) is 18.5 Å². The smallest absolute Gasteiger partial charge is 0.259 e. The molecule has 0 N–H and O–H groups in total. The summed E-state index contributed by atoms with van der Waals surface area (Å²) in [4.78, 5) is 31.6. The minimum absolute atomic E-state index is 0.0980. The van der Waals surface area contributed by atoms with Gasteiger partial charge >= 0.3 is 0 Å². The van der Waals surface area contributed by atoms with E-state index in [2.05, 4.69) is 4.85 Å². The van der Waals surface area contributed by atoms with Gasteiger partial charge in [-0.2, -0.15) is 0 Å². The maximum absolute atomic E-state index is 15.2. The third-order valence-corrected chi connectivity index (χ3v) is 7.17. The van der Waals surface area contributed by atoms with Crippen LogP contribution in [0, 0.1) is 19.3 Å². The molecule has 1 saturated carbocycles. The van der Waals surface area contributed by atoms with Gasteiger partial charge in [0.2, 0.25) is 0 Å². The molecule has 5 nitrogen and oxygen atoms in total. The number of carbonyl (C=O) groups excluding carboxylic acids is 2. The fourth-order valence-corrected chi connectivity index (χ4v) is 5.09. The summed E-state index contributed by atoms with van der Waals surface area (Å²) >= 11 is 5.73. The highest BCUT2D eigenvalue weighted by Gasteiger charge is 2.59. The molecule has 33 heavy (non-hydrogen) atoms. The molecule has 1 saturated heterocycles. The number of anilines is 2. The molecule has 1 aliphatic carbocycles. The number of nitrogens with zero attached hydrogens (tertiary/aromatic N) is 3. The molecule has 1 amide bonds. The molecule has 0 atom stereocenters. The fourth-order valence-electron chi connectivity index (χ4n) is 4.63. The topological polar surface area (TPSA) is 45.0 Å². The van der Waals surface area contributed by atoms with Crippen molar-refractivity contribution in [1.82, 2.24) is 0 Å². The number of carbonyl (C=O) groups is 2. The van der Waals surface area contributed by atoms with Crippen LogP contribution in [-0.2, 0) is 16.0 Å². The molecule has 0 radical (unpaired) electrons. The van der Waals surface area contributed by atoms with Gasteiger partial charge in [-0.3, -0.25) is 14.5 Å². The van der Waals surface area contributed by atoms with E-state index in [1.807, 2.05) is 36.1 Å². The predicted molar refractivity (Wildman–Crippen MR) is 131 cm³/mol. The van der Waals surface area contributed by atoms with E-state index in [-0.39, 0.29) is 33.7 Å². The monoisotopic (exact) mass is 463 g/mol. The summed E-state index contributed by atoms with van der Waals surface area (Å²) < 4.78 is 15.2. The second-order valence-corrected chi connectivity index (χ2v) is 9.08. The van der Waals surface area contributed by atoms with Crippen molar-refractivity contribution < 1.29 is 14.0 Å². The van der Waals surface area contributed by atoms with Crippen LogP contribution >= 0.6 is 12.2 Å². The van der Waals surface area contributed by atoms with Crippen molar-refractivity contribution >= 4 is 46.1 Å². The highest BCUT2D eigenvalue weighted by molar-refractivity contribution is 7.81. The Bertz CT molecular complexity index is 1170. The second-order valence-electron chi connectivity index (χ2n) is 8.71. The van der Waals surface area contributed by atoms with E-state index in [1.165, 1.54) is 17.0 Å². The summed E-state index contributed by atoms with van der Waals surface area (Å²) in [7, 11) is 0. The Morgan fingerprint density at radius 3 is 2.48 bits per heavy atom. The molecule has 0 bridgehead atoms. The second kappa shape index (κ2) is 9.03. The molecule has 7 heteroatoms. The van der Waals surface area contributed by atoms with Gasteiger partial charge in [-0.25, -0.2) is 9.24 Å². The normalized spacial score (nSPS) is 16.8. The van der Waals surface area contributed by atoms with Crippen molar-refractivity contribution in [2.45, 2.75) is 64.3 Å². The molecular weight excluding hydrogens is 437 g/mol. The summed E-state index contributed by atoms with van der Waals surface area (Å²) in [6.07, 6.45) is 4.99. The molecular formula is C26H26FN3O2S. The van der Waals surface area contributed by atoms with Gasteiger partial charge in [0.15, 0.2) is 10.8 Å². The zero-order valence-electron chi connectivity index (χ0n) is 18.9. The van der Waals surface area contributed by atoms with Gasteiger partial charge < -0.3 is 4.90 Å². The van der Waals surface area contributed by atoms with Crippen LogP contribution < -0.4 is 9.80 Å². The van der Waals surface area contributed by atoms with Gasteiger partial charge in [0.05, 0.1) is 12.3 Å². The molecule has 1 spiro atoms. The van der Waals surface area contributed by atoms with E-state index in [4.69, 9.17) is 18.8 Å². The maximum atomic E-state index is 15.2. The van der Waals surface area contributed by atoms with Crippen molar-refractivity contribution in [2.24, 2.45) is 0 Å². The number of rotatable bonds is 7. The quantitative estimate of drug-likeness (QED) is 0.371. The van der Waals surface area contributed by atoms with E-state index in [0.29, 0.717) is 25.7 Å². The van der Waals surface area contributed by atoms with Crippen molar-refractivity contribution in [3.8, 4) is 0 Å². The summed E-state index contributed by atoms with van der Waals surface area (Å²) in [6.45, 7) is 10.6. The lowest BCUT2D eigenvalue weighted by molar-refractivity contribution is -0.124. The Labute approximate surface area is 199 Å². The minimum atomic E-state index is -0.787. The fraction of sp³-hybridized carbons (Fsp3) is 0.385. The van der Waals surface area contributed by atoms with E-state index < -0.39 is 11.4 Å². The Hall–Kier alpha value is -3.11. The zero-order valence-corrected chi connectivity index (χ0v) is 19.7. The number of amides is 1. The summed E-state index contributed by atoms with van der Waals surface area (Å²) in [5.74, 6) is -0.534. The lowest BCUT2D eigenvalue weighted by Crippen LogP contribution is -2.55. The number of benzene rings is 2. The molecule has 2 aromatic rings. The Morgan fingerprint density at radius 2 is 1.91 bits per heavy atom. The first-order valence-electron chi connectivity index (χ1n) is 11.3. The number of hydrogen-bond donors (Lipinski definition) is 0. The summed E-state index contributed by atoms with van der Waals surface area (Å²) in [6, 6.07) is 10.9. The maximum Gasteiger partial charge on any atom is 0.259 e. The molecule has 0 unspecified atom stereocenters. The Kier molecular flexibility index (Phi) is 6.31. The van der Waals surface area contributed by atoms with Gasteiger partial charge in [-0.15, -0.1) is 0 Å². The van der Waals surface area contributed by atoms with Gasteiger partial charge in [0.25, 0.3) is 5.91 Å². The molecule has 2 aromatic carbocycles. The predicted octanol–water partition coefficient (Wildman–Crippen LogP) is 6.05. The molecule has 4 rings (SSSR count). The minimum Gasteiger partial charge on any atom is -0.303 e. The number of hydrogen-bond acceptors (Lipinski definition) is 3. The average molecular weight is 464 g/mol. The summed E-state index contributed by atoms with van der Waals surface area (Å²) in [5.41, 5.74) is 1.67. The lowest BCUT2D eigenvalue weighted by Gasteiger charge is -2.43. The third-order valence-electron chi connectivity index (χ3n) is 6.80. The third kappa shape index (κ3) is 3.83. The van der Waals surface area contributed by atoms with E-state index in [0.717, 1.165) is 30.5 Å². The SMILES string of the molecule is [C-]#[N+]c1ccc(N2C(=O)C3(CCC3)N(c3ccc(CCCC(=O)CC)cc3)C2=S)c(F)c1C. The first-order valence-corrected chi connectivity index (χ1v) is 11.7. The number of Topliss-reactive ketones (excluding diaryl/α,β-unsaturated/α-hetero) is 1. The van der Waals surface area contributed by atoms with Crippen LogP contribution in [0.3, 0.4) is 0 Å². The Morgan fingerprint density at radius 1 is 1.21 bits per heavy atom. The standard InChI is InChI=1S/C26H26FN3O2S/c1-4-20(31)8-5-7-18-9-11-19(12-10-18)30-25(33)29(24(32)26(30)15-6-16-26)22-14-13-21(28-3)17(2)23(22)27/h9-14H,4-8,15-16H2,1-2H3. The molecule has 170 valence electrons. The number of thiocarbonyl (C=S) groups is 1. The van der Waals surface area contributed by atoms with Crippen molar-refractivity contribution in [3.63, 3.8) is 0 Å². The van der Waals surface area contributed by atoms with Crippen LogP contribution in [0.2, 0.25) is 0 Å². The number of ketones is 1. The highest BCUT2D eigenvalue weighted by atomic mass is 32.1. The summed E-state index contributed by atoms with van der Waals surface area (Å²) in [5, 5.41) is 0.259. The molecule has 2 aliphatic rings. The van der Waals surface area contributed by atoms with Crippen molar-refractivity contribution in [2.75, 3.05) is 9.80 Å². The first kappa shape index (κ1) is 23.1.